The van der Waals surface area contributed by atoms with Gasteiger partial charge in [0.15, 0.2) is 0 Å². The predicted octanol–water partition coefficient (Wildman–Crippen LogP) is 3.75. The summed E-state index contributed by atoms with van der Waals surface area (Å²) in [6, 6.07) is 9.85. The molecule has 0 atom stereocenters. The summed E-state index contributed by atoms with van der Waals surface area (Å²) in [6.07, 6.45) is 3.62. The van der Waals surface area contributed by atoms with Gasteiger partial charge in [-0.1, -0.05) is 12.1 Å². The van der Waals surface area contributed by atoms with E-state index in [1.54, 1.807) is 4.90 Å². The lowest BCUT2D eigenvalue weighted by Gasteiger charge is -2.28. The number of aromatic nitrogens is 2. The molecule has 0 bridgehead atoms. The second kappa shape index (κ2) is 7.64. The van der Waals surface area contributed by atoms with E-state index in [-0.39, 0.29) is 5.91 Å². The van der Waals surface area contributed by atoms with Crippen molar-refractivity contribution in [3.63, 3.8) is 0 Å². The smallest absolute Gasteiger partial charge is 0.277 e. The Hall–Kier alpha value is -2.43. The van der Waals surface area contributed by atoms with Crippen LogP contribution in [-0.2, 0) is 0 Å². The lowest BCUT2D eigenvalue weighted by Crippen LogP contribution is -2.33. The monoisotopic (exact) mass is 338 g/mol. The molecule has 0 unspecified atom stereocenters. The molecule has 1 fully saturated rings. The molecule has 0 aliphatic carbocycles. The summed E-state index contributed by atoms with van der Waals surface area (Å²) >= 11 is 0. The molecular weight excluding hydrogens is 312 g/mol. The van der Waals surface area contributed by atoms with Gasteiger partial charge in [-0.25, -0.2) is 9.97 Å². The average Bonchev–Trinajstić information content (AvgIpc) is 2.62. The van der Waals surface area contributed by atoms with Crippen LogP contribution in [0, 0.1) is 13.8 Å². The maximum Gasteiger partial charge on any atom is 0.277 e. The van der Waals surface area contributed by atoms with E-state index in [1.165, 1.54) is 19.3 Å². The lowest BCUT2D eigenvalue weighted by atomic mass is 10.1. The zero-order chi connectivity index (χ0) is 17.8. The molecule has 5 heteroatoms. The van der Waals surface area contributed by atoms with Gasteiger partial charge < -0.3 is 9.80 Å². The van der Waals surface area contributed by atoms with E-state index in [1.807, 2.05) is 51.1 Å². The molecule has 1 aliphatic heterocycles. The maximum absolute atomic E-state index is 13.1. The molecule has 1 aromatic carbocycles. The van der Waals surface area contributed by atoms with Gasteiger partial charge in [0.05, 0.1) is 0 Å². The standard InChI is InChI=1S/C20H26N4O/c1-4-24(17-10-8-9-15(2)13-17)20(25)18-14-19(22-16(3)21-18)23-11-6-5-7-12-23/h8-10,13-14H,4-7,11-12H2,1-3H3. The highest BCUT2D eigenvalue weighted by atomic mass is 16.2. The van der Waals surface area contributed by atoms with Crippen LogP contribution in [0.15, 0.2) is 30.3 Å². The minimum atomic E-state index is -0.0724. The van der Waals surface area contributed by atoms with E-state index in [4.69, 9.17) is 0 Å². The SMILES string of the molecule is CCN(C(=O)c1cc(N2CCCCC2)nc(C)n1)c1cccc(C)c1. The van der Waals surface area contributed by atoms with Crippen molar-refractivity contribution in [1.29, 1.82) is 0 Å². The summed E-state index contributed by atoms with van der Waals surface area (Å²) in [5.41, 5.74) is 2.51. The van der Waals surface area contributed by atoms with Gasteiger partial charge >= 0.3 is 0 Å². The molecule has 2 aromatic rings. The van der Waals surface area contributed by atoms with Gasteiger partial charge in [-0.2, -0.15) is 0 Å². The highest BCUT2D eigenvalue weighted by molar-refractivity contribution is 6.05. The normalized spacial score (nSPS) is 14.4. The minimum absolute atomic E-state index is 0.0724. The van der Waals surface area contributed by atoms with Crippen LogP contribution in [-0.4, -0.2) is 35.5 Å². The van der Waals surface area contributed by atoms with Crippen LogP contribution in [0.25, 0.3) is 0 Å². The number of carbonyl (C=O) groups is 1. The molecule has 2 heterocycles. The zero-order valence-electron chi connectivity index (χ0n) is 15.3. The molecule has 0 saturated carbocycles. The summed E-state index contributed by atoms with van der Waals surface area (Å²) in [4.78, 5) is 26.1. The van der Waals surface area contributed by atoms with Crippen LogP contribution in [0.2, 0.25) is 0 Å². The number of amides is 1. The molecule has 1 amide bonds. The Balaban J connectivity index is 1.91. The van der Waals surface area contributed by atoms with Gasteiger partial charge in [0, 0.05) is 31.4 Å². The molecule has 0 spiro atoms. The molecule has 0 N–H and O–H groups in total. The number of anilines is 2. The summed E-state index contributed by atoms with van der Waals surface area (Å²) in [5.74, 6) is 1.44. The van der Waals surface area contributed by atoms with Gasteiger partial charge in [0.1, 0.15) is 17.3 Å². The van der Waals surface area contributed by atoms with Gasteiger partial charge in [-0.3, -0.25) is 4.79 Å². The number of hydrogen-bond acceptors (Lipinski definition) is 4. The van der Waals surface area contributed by atoms with Crippen molar-refractivity contribution in [3.8, 4) is 0 Å². The third-order valence-corrected chi connectivity index (χ3v) is 4.60. The number of rotatable bonds is 4. The summed E-state index contributed by atoms with van der Waals surface area (Å²) < 4.78 is 0. The van der Waals surface area contributed by atoms with Crippen LogP contribution >= 0.6 is 0 Å². The van der Waals surface area contributed by atoms with Crippen molar-refractivity contribution in [2.45, 2.75) is 40.0 Å². The number of nitrogens with zero attached hydrogens (tertiary/aromatic N) is 4. The number of piperidine rings is 1. The van der Waals surface area contributed by atoms with Crippen molar-refractivity contribution >= 4 is 17.4 Å². The Kier molecular flexibility index (Phi) is 5.31. The van der Waals surface area contributed by atoms with E-state index in [9.17, 15) is 4.79 Å². The third kappa shape index (κ3) is 3.98. The van der Waals surface area contributed by atoms with Crippen molar-refractivity contribution in [1.82, 2.24) is 9.97 Å². The van der Waals surface area contributed by atoms with E-state index < -0.39 is 0 Å². The largest absolute Gasteiger partial charge is 0.356 e. The molecule has 25 heavy (non-hydrogen) atoms. The quantitative estimate of drug-likeness (QED) is 0.852. The summed E-state index contributed by atoms with van der Waals surface area (Å²) in [7, 11) is 0. The first-order valence-corrected chi connectivity index (χ1v) is 9.07. The van der Waals surface area contributed by atoms with Gasteiger partial charge in [-0.05, 0) is 57.7 Å². The van der Waals surface area contributed by atoms with Crippen molar-refractivity contribution in [2.24, 2.45) is 0 Å². The number of aryl methyl sites for hydroxylation is 2. The molecule has 3 rings (SSSR count). The molecule has 0 radical (unpaired) electrons. The fraction of sp³-hybridized carbons (Fsp3) is 0.450. The Bertz CT molecular complexity index is 753. The summed E-state index contributed by atoms with van der Waals surface area (Å²) in [6.45, 7) is 8.47. The predicted molar refractivity (Wildman–Crippen MR) is 101 cm³/mol. The van der Waals surface area contributed by atoms with E-state index >= 15 is 0 Å². The third-order valence-electron chi connectivity index (χ3n) is 4.60. The first-order valence-electron chi connectivity index (χ1n) is 9.07. The number of hydrogen-bond donors (Lipinski definition) is 0. The average molecular weight is 338 g/mol. The number of carbonyl (C=O) groups excluding carboxylic acids is 1. The Morgan fingerprint density at radius 1 is 1.12 bits per heavy atom. The van der Waals surface area contributed by atoms with Crippen LogP contribution in [0.3, 0.4) is 0 Å². The van der Waals surface area contributed by atoms with Crippen LogP contribution < -0.4 is 9.80 Å². The van der Waals surface area contributed by atoms with Crippen LogP contribution in [0.1, 0.15) is 48.1 Å². The van der Waals surface area contributed by atoms with E-state index in [0.29, 0.717) is 18.1 Å². The first kappa shape index (κ1) is 17.4. The topological polar surface area (TPSA) is 49.3 Å². The second-order valence-electron chi connectivity index (χ2n) is 6.59. The molecule has 1 saturated heterocycles. The molecule has 1 aromatic heterocycles. The van der Waals surface area contributed by atoms with Crippen molar-refractivity contribution < 1.29 is 4.79 Å². The second-order valence-corrected chi connectivity index (χ2v) is 6.59. The fourth-order valence-corrected chi connectivity index (χ4v) is 3.32. The highest BCUT2D eigenvalue weighted by Gasteiger charge is 2.21. The maximum atomic E-state index is 13.1. The van der Waals surface area contributed by atoms with E-state index in [2.05, 4.69) is 14.9 Å². The van der Waals surface area contributed by atoms with Crippen molar-refractivity contribution in [3.05, 3.63) is 47.4 Å². The van der Waals surface area contributed by atoms with Crippen LogP contribution in [0.4, 0.5) is 11.5 Å². The van der Waals surface area contributed by atoms with Gasteiger partial charge in [0.25, 0.3) is 5.91 Å². The number of benzene rings is 1. The zero-order valence-corrected chi connectivity index (χ0v) is 15.3. The lowest BCUT2D eigenvalue weighted by molar-refractivity contribution is 0.0983. The highest BCUT2D eigenvalue weighted by Crippen LogP contribution is 2.22. The van der Waals surface area contributed by atoms with Gasteiger partial charge in [0.2, 0.25) is 0 Å². The Morgan fingerprint density at radius 3 is 2.56 bits per heavy atom. The van der Waals surface area contributed by atoms with E-state index in [0.717, 1.165) is 30.2 Å². The van der Waals surface area contributed by atoms with Gasteiger partial charge in [-0.15, -0.1) is 0 Å². The first-order chi connectivity index (χ1) is 12.1. The molecular formula is C20H26N4O. The summed E-state index contributed by atoms with van der Waals surface area (Å²) in [5, 5.41) is 0. The molecule has 1 aliphatic rings. The fourth-order valence-electron chi connectivity index (χ4n) is 3.32. The van der Waals surface area contributed by atoms with Crippen LogP contribution in [0.5, 0.6) is 0 Å². The minimum Gasteiger partial charge on any atom is -0.356 e. The van der Waals surface area contributed by atoms with Crippen molar-refractivity contribution in [2.75, 3.05) is 29.4 Å². The Labute approximate surface area is 149 Å². The molecule has 5 nitrogen and oxygen atoms in total. The molecule has 132 valence electrons. The Morgan fingerprint density at radius 2 is 1.88 bits per heavy atom.